The number of nitrogens with zero attached hydrogens (tertiary/aromatic N) is 2. The Balaban J connectivity index is 2.54. The summed E-state index contributed by atoms with van der Waals surface area (Å²) < 4.78 is 13.5. The Bertz CT molecular complexity index is 610. The van der Waals surface area contributed by atoms with Gasteiger partial charge in [0.15, 0.2) is 0 Å². The second-order valence-electron chi connectivity index (χ2n) is 5.31. The van der Waals surface area contributed by atoms with E-state index in [0.29, 0.717) is 28.2 Å². The molecule has 0 saturated heterocycles. The van der Waals surface area contributed by atoms with Crippen molar-refractivity contribution < 1.29 is 9.18 Å². The van der Waals surface area contributed by atoms with Crippen LogP contribution in [0.25, 0.3) is 0 Å². The molecule has 0 aliphatic carbocycles. The Morgan fingerprint density at radius 1 is 1.38 bits per heavy atom. The van der Waals surface area contributed by atoms with Gasteiger partial charge in [0.1, 0.15) is 5.82 Å². The third kappa shape index (κ3) is 3.13. The lowest BCUT2D eigenvalue weighted by Crippen LogP contribution is -2.40. The van der Waals surface area contributed by atoms with Crippen molar-refractivity contribution in [1.29, 1.82) is 0 Å². The van der Waals surface area contributed by atoms with Crippen LogP contribution in [0.15, 0.2) is 30.0 Å². The molecule has 1 amide bonds. The van der Waals surface area contributed by atoms with E-state index < -0.39 is 0 Å². The van der Waals surface area contributed by atoms with Crippen LogP contribution in [-0.4, -0.2) is 36.3 Å². The molecule has 0 spiro atoms. The standard InChI is InChI=1S/C16H19FN2OS/c1-4-5-8-19-14-7-6-11(17)9-12(14)15(21)13(16(19)20)10-18(2)3/h6-7,9-10H,4-5,8H2,1-3H3. The highest BCUT2D eigenvalue weighted by molar-refractivity contribution is 7.81. The first-order valence-electron chi connectivity index (χ1n) is 7.00. The van der Waals surface area contributed by atoms with Gasteiger partial charge in [0.2, 0.25) is 0 Å². The molecule has 3 nitrogen and oxygen atoms in total. The van der Waals surface area contributed by atoms with E-state index in [2.05, 4.69) is 6.92 Å². The van der Waals surface area contributed by atoms with Crippen LogP contribution < -0.4 is 4.90 Å². The average molecular weight is 306 g/mol. The third-order valence-corrected chi connectivity index (χ3v) is 3.78. The van der Waals surface area contributed by atoms with Crippen LogP contribution in [0.1, 0.15) is 25.3 Å². The Hall–Kier alpha value is -1.75. The number of fused-ring (bicyclic) bond motifs is 1. The number of carbonyl (C=O) groups is 1. The summed E-state index contributed by atoms with van der Waals surface area (Å²) in [5, 5.41) is 0. The van der Waals surface area contributed by atoms with Crippen molar-refractivity contribution >= 4 is 28.7 Å². The number of carbonyl (C=O) groups excluding carboxylic acids is 1. The summed E-state index contributed by atoms with van der Waals surface area (Å²) in [5.74, 6) is -0.452. The maximum atomic E-state index is 13.5. The zero-order chi connectivity index (χ0) is 15.6. The maximum absolute atomic E-state index is 13.5. The second-order valence-corrected chi connectivity index (χ2v) is 5.72. The lowest BCUT2D eigenvalue weighted by atomic mass is 9.96. The van der Waals surface area contributed by atoms with Gasteiger partial charge in [-0.1, -0.05) is 25.6 Å². The fourth-order valence-corrected chi connectivity index (χ4v) is 2.64. The Morgan fingerprint density at radius 3 is 2.71 bits per heavy atom. The molecule has 5 heteroatoms. The van der Waals surface area contributed by atoms with Gasteiger partial charge in [0.25, 0.3) is 5.91 Å². The van der Waals surface area contributed by atoms with Crippen LogP contribution >= 0.6 is 12.2 Å². The number of hydrogen-bond acceptors (Lipinski definition) is 3. The van der Waals surface area contributed by atoms with E-state index in [1.807, 2.05) is 14.1 Å². The van der Waals surface area contributed by atoms with Crippen LogP contribution in [0, 0.1) is 5.82 Å². The van der Waals surface area contributed by atoms with Gasteiger partial charge >= 0.3 is 0 Å². The molecule has 1 aromatic rings. The fourth-order valence-electron chi connectivity index (χ4n) is 2.33. The van der Waals surface area contributed by atoms with E-state index in [9.17, 15) is 9.18 Å². The summed E-state index contributed by atoms with van der Waals surface area (Å²) in [6.45, 7) is 2.68. The molecular weight excluding hydrogens is 287 g/mol. The molecule has 0 atom stereocenters. The number of anilines is 1. The molecule has 0 unspecified atom stereocenters. The molecule has 0 fully saturated rings. The van der Waals surface area contributed by atoms with Crippen LogP contribution in [-0.2, 0) is 4.79 Å². The van der Waals surface area contributed by atoms with Crippen molar-refractivity contribution in [2.24, 2.45) is 0 Å². The monoisotopic (exact) mass is 306 g/mol. The highest BCUT2D eigenvalue weighted by Gasteiger charge is 2.32. The van der Waals surface area contributed by atoms with Crippen LogP contribution in [0.3, 0.4) is 0 Å². The van der Waals surface area contributed by atoms with Crippen LogP contribution in [0.5, 0.6) is 0 Å². The highest BCUT2D eigenvalue weighted by Crippen LogP contribution is 2.32. The summed E-state index contributed by atoms with van der Waals surface area (Å²) in [5.41, 5.74) is 1.77. The normalized spacial score (nSPS) is 16.4. The summed E-state index contributed by atoms with van der Waals surface area (Å²) in [4.78, 5) is 16.6. The van der Waals surface area contributed by atoms with E-state index in [1.165, 1.54) is 12.1 Å². The molecule has 1 aromatic carbocycles. The molecule has 112 valence electrons. The van der Waals surface area contributed by atoms with Crippen LogP contribution in [0.2, 0.25) is 0 Å². The van der Waals surface area contributed by atoms with Gasteiger partial charge in [-0.15, -0.1) is 0 Å². The molecule has 1 aliphatic heterocycles. The number of thiocarbonyl (C=S) groups is 1. The van der Waals surface area contributed by atoms with E-state index >= 15 is 0 Å². The SMILES string of the molecule is CCCCN1C(=O)C(=CN(C)C)C(=S)c2cc(F)ccc21. The quantitative estimate of drug-likeness (QED) is 0.631. The van der Waals surface area contributed by atoms with Crippen molar-refractivity contribution in [3.8, 4) is 0 Å². The van der Waals surface area contributed by atoms with Crippen molar-refractivity contribution in [1.82, 2.24) is 4.90 Å². The van der Waals surface area contributed by atoms with Gasteiger partial charge in [0, 0.05) is 32.4 Å². The van der Waals surface area contributed by atoms with Gasteiger partial charge < -0.3 is 9.80 Å². The minimum absolute atomic E-state index is 0.110. The van der Waals surface area contributed by atoms with E-state index in [-0.39, 0.29) is 11.7 Å². The van der Waals surface area contributed by atoms with Gasteiger partial charge in [0.05, 0.1) is 16.1 Å². The number of halogens is 1. The topological polar surface area (TPSA) is 23.6 Å². The second kappa shape index (κ2) is 6.35. The molecule has 0 bridgehead atoms. The lowest BCUT2D eigenvalue weighted by molar-refractivity contribution is -0.114. The van der Waals surface area contributed by atoms with Crippen molar-refractivity contribution in [2.75, 3.05) is 25.5 Å². The summed E-state index contributed by atoms with van der Waals surface area (Å²) in [6.07, 6.45) is 3.58. The first-order chi connectivity index (χ1) is 9.95. The molecule has 1 aliphatic rings. The fraction of sp³-hybridized carbons (Fsp3) is 0.375. The minimum atomic E-state index is -0.343. The minimum Gasteiger partial charge on any atom is -0.383 e. The Morgan fingerprint density at radius 2 is 2.10 bits per heavy atom. The summed E-state index contributed by atoms with van der Waals surface area (Å²) in [7, 11) is 3.67. The van der Waals surface area contributed by atoms with Gasteiger partial charge in [-0.3, -0.25) is 4.79 Å². The summed E-state index contributed by atoms with van der Waals surface area (Å²) in [6, 6.07) is 4.41. The highest BCUT2D eigenvalue weighted by atomic mass is 32.1. The maximum Gasteiger partial charge on any atom is 0.261 e. The molecule has 0 N–H and O–H groups in total. The smallest absolute Gasteiger partial charge is 0.261 e. The van der Waals surface area contributed by atoms with Gasteiger partial charge in [-0.2, -0.15) is 0 Å². The van der Waals surface area contributed by atoms with Crippen molar-refractivity contribution in [3.63, 3.8) is 0 Å². The molecule has 2 rings (SSSR count). The van der Waals surface area contributed by atoms with E-state index in [4.69, 9.17) is 12.2 Å². The predicted octanol–water partition coefficient (Wildman–Crippen LogP) is 3.14. The zero-order valence-corrected chi connectivity index (χ0v) is 13.3. The number of unbranched alkanes of at least 4 members (excludes halogenated alkanes) is 1. The summed E-state index contributed by atoms with van der Waals surface area (Å²) >= 11 is 5.39. The molecule has 21 heavy (non-hydrogen) atoms. The number of hydrogen-bond donors (Lipinski definition) is 0. The van der Waals surface area contributed by atoms with Gasteiger partial charge in [-0.05, 0) is 24.6 Å². The van der Waals surface area contributed by atoms with Crippen molar-refractivity contribution in [2.45, 2.75) is 19.8 Å². The van der Waals surface area contributed by atoms with Crippen LogP contribution in [0.4, 0.5) is 10.1 Å². The van der Waals surface area contributed by atoms with E-state index in [0.717, 1.165) is 12.8 Å². The Kier molecular flexibility index (Phi) is 4.73. The molecular formula is C16H19FN2OS. The first-order valence-corrected chi connectivity index (χ1v) is 7.41. The third-order valence-electron chi connectivity index (χ3n) is 3.34. The molecule has 0 radical (unpaired) electrons. The first kappa shape index (κ1) is 15.6. The predicted molar refractivity (Wildman–Crippen MR) is 87.1 cm³/mol. The molecule has 0 aromatic heterocycles. The number of amides is 1. The van der Waals surface area contributed by atoms with Gasteiger partial charge in [-0.25, -0.2) is 4.39 Å². The Labute approximate surface area is 130 Å². The number of rotatable bonds is 4. The largest absolute Gasteiger partial charge is 0.383 e. The molecule has 0 saturated carbocycles. The van der Waals surface area contributed by atoms with E-state index in [1.54, 1.807) is 22.1 Å². The average Bonchev–Trinajstić information content (AvgIpc) is 2.43. The van der Waals surface area contributed by atoms with Crippen molar-refractivity contribution in [3.05, 3.63) is 41.4 Å². The number of benzene rings is 1. The molecule has 1 heterocycles. The zero-order valence-electron chi connectivity index (χ0n) is 12.5. The lowest BCUT2D eigenvalue weighted by Gasteiger charge is -2.31.